The first-order valence-electron chi connectivity index (χ1n) is 11.7. The molecule has 4 atom stereocenters. The Hall–Kier alpha value is -2.62. The predicted octanol–water partition coefficient (Wildman–Crippen LogP) is 5.79. The van der Waals surface area contributed by atoms with Gasteiger partial charge < -0.3 is 10.0 Å². The van der Waals surface area contributed by atoms with Crippen LogP contribution in [0.5, 0.6) is 5.75 Å². The van der Waals surface area contributed by atoms with Crippen LogP contribution in [0.15, 0.2) is 52.7 Å². The summed E-state index contributed by atoms with van der Waals surface area (Å²) in [7, 11) is 4.10. The minimum Gasteiger partial charge on any atom is -0.508 e. The van der Waals surface area contributed by atoms with Crippen LogP contribution in [0.4, 0.5) is 5.69 Å². The number of phenols is 1. The van der Waals surface area contributed by atoms with E-state index in [4.69, 9.17) is 5.10 Å². The average Bonchev–Trinajstić information content (AvgIpc) is 3.10. The van der Waals surface area contributed by atoms with E-state index in [2.05, 4.69) is 61.4 Å². The van der Waals surface area contributed by atoms with Crippen LogP contribution in [0, 0.1) is 17.3 Å². The SMILES string of the molecule is CN(C)c1ccc(/C=N\N=C2\CC[C@@H]3[C@@H]4CCc5cc(O)ccc5[C@H]4CC[C@@]23C)cc1. The molecule has 0 saturated heterocycles. The normalized spacial score (nSPS) is 30.8. The molecule has 2 fully saturated rings. The lowest BCUT2D eigenvalue weighted by atomic mass is 9.55. The molecule has 162 valence electrons. The number of aryl methyl sites for hydroxylation is 1. The van der Waals surface area contributed by atoms with Gasteiger partial charge in [0.25, 0.3) is 0 Å². The van der Waals surface area contributed by atoms with Crippen LogP contribution in [-0.2, 0) is 6.42 Å². The first kappa shape index (κ1) is 20.3. The molecule has 31 heavy (non-hydrogen) atoms. The zero-order valence-corrected chi connectivity index (χ0v) is 18.9. The Morgan fingerprint density at radius 1 is 1.03 bits per heavy atom. The van der Waals surface area contributed by atoms with Crippen LogP contribution >= 0.6 is 0 Å². The molecule has 2 aromatic carbocycles. The number of phenolic OH excluding ortho intramolecular Hbond substituents is 1. The number of benzene rings is 2. The molecule has 0 unspecified atom stereocenters. The third-order valence-electron chi connectivity index (χ3n) is 8.25. The lowest BCUT2D eigenvalue weighted by Gasteiger charge is -2.49. The summed E-state index contributed by atoms with van der Waals surface area (Å²) in [5.74, 6) is 2.47. The van der Waals surface area contributed by atoms with Gasteiger partial charge in [-0.2, -0.15) is 10.2 Å². The maximum absolute atomic E-state index is 9.88. The van der Waals surface area contributed by atoms with Crippen molar-refractivity contribution < 1.29 is 5.11 Å². The molecule has 0 aliphatic heterocycles. The highest BCUT2D eigenvalue weighted by molar-refractivity contribution is 5.93. The van der Waals surface area contributed by atoms with Crippen molar-refractivity contribution in [2.75, 3.05) is 19.0 Å². The van der Waals surface area contributed by atoms with E-state index in [1.807, 2.05) is 18.3 Å². The highest BCUT2D eigenvalue weighted by Gasteiger charge is 2.53. The second-order valence-corrected chi connectivity index (χ2v) is 10.1. The maximum Gasteiger partial charge on any atom is 0.115 e. The standard InChI is InChI=1S/C27H33N3O/c1-27-15-14-23-22-11-9-21(31)16-19(22)6-10-24(23)25(27)12-13-26(27)29-28-17-18-4-7-20(8-5-18)30(2)3/h4-5,7-9,11,16-17,23-25,31H,6,10,12-15H2,1-3H3/b28-17-,29-26-/t23-,24-,25-,27-/m1/s1. The molecule has 0 amide bonds. The zero-order chi connectivity index (χ0) is 21.6. The van der Waals surface area contributed by atoms with E-state index in [0.717, 1.165) is 24.3 Å². The fourth-order valence-electron chi connectivity index (χ4n) is 6.55. The van der Waals surface area contributed by atoms with E-state index in [0.29, 0.717) is 17.6 Å². The van der Waals surface area contributed by atoms with Crippen LogP contribution in [0.25, 0.3) is 0 Å². The van der Waals surface area contributed by atoms with Gasteiger partial charge >= 0.3 is 0 Å². The van der Waals surface area contributed by atoms with Gasteiger partial charge in [-0.05, 0) is 97.2 Å². The summed E-state index contributed by atoms with van der Waals surface area (Å²) in [5, 5.41) is 19.2. The minimum absolute atomic E-state index is 0.182. The Morgan fingerprint density at radius 3 is 2.61 bits per heavy atom. The van der Waals surface area contributed by atoms with Crippen molar-refractivity contribution in [2.24, 2.45) is 27.5 Å². The van der Waals surface area contributed by atoms with E-state index >= 15 is 0 Å². The molecule has 1 N–H and O–H groups in total. The number of hydrogen-bond donors (Lipinski definition) is 1. The van der Waals surface area contributed by atoms with E-state index in [1.165, 1.54) is 48.2 Å². The fourth-order valence-corrected chi connectivity index (χ4v) is 6.55. The first-order valence-corrected chi connectivity index (χ1v) is 11.7. The lowest BCUT2D eigenvalue weighted by molar-refractivity contribution is 0.0955. The van der Waals surface area contributed by atoms with Crippen LogP contribution < -0.4 is 4.90 Å². The number of hydrogen-bond acceptors (Lipinski definition) is 4. The molecule has 2 aromatic rings. The molecule has 2 saturated carbocycles. The van der Waals surface area contributed by atoms with Gasteiger partial charge in [-0.1, -0.05) is 25.1 Å². The van der Waals surface area contributed by atoms with Gasteiger partial charge in [0.05, 0.1) is 6.21 Å². The maximum atomic E-state index is 9.88. The van der Waals surface area contributed by atoms with Crippen molar-refractivity contribution in [1.29, 1.82) is 0 Å². The van der Waals surface area contributed by atoms with Crippen molar-refractivity contribution in [1.82, 2.24) is 0 Å². The van der Waals surface area contributed by atoms with Gasteiger partial charge in [-0.15, -0.1) is 0 Å². The van der Waals surface area contributed by atoms with Crippen molar-refractivity contribution in [3.63, 3.8) is 0 Å². The molecular formula is C27H33N3O. The summed E-state index contributed by atoms with van der Waals surface area (Å²) < 4.78 is 0. The van der Waals surface area contributed by atoms with Gasteiger partial charge in [-0.3, -0.25) is 0 Å². The number of aromatic hydroxyl groups is 1. The molecular weight excluding hydrogens is 382 g/mol. The molecule has 0 heterocycles. The summed E-state index contributed by atoms with van der Waals surface area (Å²) in [6.07, 6.45) is 8.91. The first-order chi connectivity index (χ1) is 15.0. The molecule has 4 nitrogen and oxygen atoms in total. The van der Waals surface area contributed by atoms with Gasteiger partial charge in [0.15, 0.2) is 0 Å². The quantitative estimate of drug-likeness (QED) is 0.509. The molecule has 5 rings (SSSR count). The van der Waals surface area contributed by atoms with E-state index in [-0.39, 0.29) is 5.41 Å². The topological polar surface area (TPSA) is 48.2 Å². The number of fused-ring (bicyclic) bond motifs is 5. The number of nitrogens with zero attached hydrogens (tertiary/aromatic N) is 3. The van der Waals surface area contributed by atoms with Crippen LogP contribution in [0.3, 0.4) is 0 Å². The molecule has 0 radical (unpaired) electrons. The summed E-state index contributed by atoms with van der Waals surface area (Å²) in [4.78, 5) is 2.10. The fraction of sp³-hybridized carbons (Fsp3) is 0.481. The Balaban J connectivity index is 1.34. The Bertz CT molecular complexity index is 1020. The summed E-state index contributed by atoms with van der Waals surface area (Å²) in [6.45, 7) is 2.44. The van der Waals surface area contributed by atoms with Crippen molar-refractivity contribution in [2.45, 2.75) is 51.4 Å². The van der Waals surface area contributed by atoms with Crippen molar-refractivity contribution in [3.8, 4) is 5.75 Å². The summed E-state index contributed by atoms with van der Waals surface area (Å²) in [5.41, 5.74) is 6.61. The highest BCUT2D eigenvalue weighted by atomic mass is 16.3. The largest absolute Gasteiger partial charge is 0.508 e. The van der Waals surface area contributed by atoms with Crippen LogP contribution in [-0.4, -0.2) is 31.1 Å². The lowest BCUT2D eigenvalue weighted by Crippen LogP contribution is -2.42. The van der Waals surface area contributed by atoms with Crippen LogP contribution in [0.2, 0.25) is 0 Å². The van der Waals surface area contributed by atoms with E-state index in [9.17, 15) is 5.11 Å². The second kappa shape index (κ2) is 7.81. The molecule has 0 aromatic heterocycles. The number of rotatable bonds is 3. The number of anilines is 1. The van der Waals surface area contributed by atoms with Crippen molar-refractivity contribution >= 4 is 17.6 Å². The van der Waals surface area contributed by atoms with Crippen LogP contribution in [0.1, 0.15) is 61.6 Å². The molecule has 3 aliphatic carbocycles. The zero-order valence-electron chi connectivity index (χ0n) is 18.9. The minimum atomic E-state index is 0.182. The molecule has 0 spiro atoms. The monoisotopic (exact) mass is 415 g/mol. The van der Waals surface area contributed by atoms with Gasteiger partial charge in [0.1, 0.15) is 5.75 Å². The van der Waals surface area contributed by atoms with Gasteiger partial charge in [0.2, 0.25) is 0 Å². The Morgan fingerprint density at radius 2 is 1.84 bits per heavy atom. The predicted molar refractivity (Wildman–Crippen MR) is 129 cm³/mol. The third-order valence-corrected chi connectivity index (χ3v) is 8.25. The summed E-state index contributed by atoms with van der Waals surface area (Å²) >= 11 is 0. The van der Waals surface area contributed by atoms with E-state index in [1.54, 1.807) is 0 Å². The average molecular weight is 416 g/mol. The van der Waals surface area contributed by atoms with Gasteiger partial charge in [0, 0.05) is 30.9 Å². The molecule has 4 heteroatoms. The Kier molecular flexibility index (Phi) is 5.11. The highest BCUT2D eigenvalue weighted by Crippen LogP contribution is 2.60. The second-order valence-electron chi connectivity index (χ2n) is 10.1. The van der Waals surface area contributed by atoms with Gasteiger partial charge in [-0.25, -0.2) is 0 Å². The Labute approximate surface area is 185 Å². The van der Waals surface area contributed by atoms with Crippen molar-refractivity contribution in [3.05, 3.63) is 59.2 Å². The summed E-state index contributed by atoms with van der Waals surface area (Å²) in [6, 6.07) is 14.5. The third kappa shape index (κ3) is 3.56. The van der Waals surface area contributed by atoms with E-state index < -0.39 is 0 Å². The molecule has 0 bridgehead atoms. The smallest absolute Gasteiger partial charge is 0.115 e. The molecule has 3 aliphatic rings.